The Balaban J connectivity index is 0.000000402. The second kappa shape index (κ2) is 16.1. The zero-order chi connectivity index (χ0) is 26.9. The van der Waals surface area contributed by atoms with Gasteiger partial charge in [0.25, 0.3) is 10.1 Å². The van der Waals surface area contributed by atoms with Crippen LogP contribution < -0.4 is 11.1 Å². The van der Waals surface area contributed by atoms with E-state index in [4.69, 9.17) is 19.8 Å². The van der Waals surface area contributed by atoms with Crippen molar-refractivity contribution in [2.24, 2.45) is 5.73 Å². The Labute approximate surface area is 217 Å². The van der Waals surface area contributed by atoms with Gasteiger partial charge in [-0.25, -0.2) is 9.59 Å². The zero-order valence-electron chi connectivity index (χ0n) is 20.4. The molecule has 1 atom stereocenters. The largest absolute Gasteiger partial charge is 0.459 e. The molecule has 0 aliphatic heterocycles. The second-order valence-corrected chi connectivity index (χ2v) is 9.35. The van der Waals surface area contributed by atoms with Gasteiger partial charge in [0.2, 0.25) is 0 Å². The quantitative estimate of drug-likeness (QED) is 0.192. The van der Waals surface area contributed by atoms with E-state index in [2.05, 4.69) is 5.32 Å². The monoisotopic (exact) mass is 528 g/mol. The molecule has 0 saturated carbocycles. The topological polar surface area (TPSA) is 145 Å². The first-order valence-electron chi connectivity index (χ1n) is 11.7. The molecule has 0 aromatic heterocycles. The van der Waals surface area contributed by atoms with Crippen molar-refractivity contribution in [2.75, 3.05) is 6.54 Å². The molecule has 4 N–H and O–H groups in total. The van der Waals surface area contributed by atoms with Gasteiger partial charge in [0.05, 0.1) is 4.90 Å². The predicted octanol–water partition coefficient (Wildman–Crippen LogP) is 4.09. The van der Waals surface area contributed by atoms with Crippen LogP contribution in [0.5, 0.6) is 0 Å². The van der Waals surface area contributed by atoms with E-state index in [1.807, 2.05) is 60.7 Å². The summed E-state index contributed by atoms with van der Waals surface area (Å²) in [7, 11) is -4.00. The minimum atomic E-state index is -4.00. The summed E-state index contributed by atoms with van der Waals surface area (Å²) in [5.74, 6) is -0.479. The molecular formula is C27H32N2O7S. The van der Waals surface area contributed by atoms with Gasteiger partial charge in [-0.1, -0.05) is 78.9 Å². The van der Waals surface area contributed by atoms with E-state index in [0.29, 0.717) is 19.4 Å². The van der Waals surface area contributed by atoms with E-state index in [9.17, 15) is 18.0 Å². The third-order valence-corrected chi connectivity index (χ3v) is 5.87. The molecule has 198 valence electrons. The molecule has 3 aromatic rings. The van der Waals surface area contributed by atoms with Crippen molar-refractivity contribution in [3.05, 3.63) is 102 Å². The molecule has 0 heterocycles. The fourth-order valence-corrected chi connectivity index (χ4v) is 3.57. The van der Waals surface area contributed by atoms with Crippen LogP contribution in [0, 0.1) is 0 Å². The number of carbonyl (C=O) groups is 2. The standard InChI is InChI=1S/C21H26N2O4.C6H6O3S/c22-14-8-7-13-19(20(24)26-15-17-9-3-1-4-10-17)23-21(25)27-16-18-11-5-2-6-12-18;7-10(8,9)6-4-2-1-3-5-6/h1-6,9-12,19H,7-8,13-16,22H2,(H,23,25);1-5H,(H,7,8,9)/t19-;/m1./s1. The van der Waals surface area contributed by atoms with Gasteiger partial charge in [0.15, 0.2) is 0 Å². The Morgan fingerprint density at radius 1 is 0.784 bits per heavy atom. The van der Waals surface area contributed by atoms with Crippen molar-refractivity contribution in [3.63, 3.8) is 0 Å². The van der Waals surface area contributed by atoms with E-state index in [1.165, 1.54) is 12.1 Å². The fraction of sp³-hybridized carbons (Fsp3) is 0.259. The number of nitrogens with one attached hydrogen (secondary N) is 1. The van der Waals surface area contributed by atoms with E-state index >= 15 is 0 Å². The van der Waals surface area contributed by atoms with Gasteiger partial charge in [-0.05, 0) is 49.1 Å². The van der Waals surface area contributed by atoms with Gasteiger partial charge >= 0.3 is 12.1 Å². The van der Waals surface area contributed by atoms with Gasteiger partial charge in [0.1, 0.15) is 19.3 Å². The fourth-order valence-electron chi connectivity index (χ4n) is 3.07. The molecule has 0 aliphatic carbocycles. The highest BCUT2D eigenvalue weighted by Gasteiger charge is 2.22. The smallest absolute Gasteiger partial charge is 0.408 e. The maximum absolute atomic E-state index is 12.4. The molecule has 0 bridgehead atoms. The van der Waals surface area contributed by atoms with Crippen LogP contribution in [0.1, 0.15) is 30.4 Å². The summed E-state index contributed by atoms with van der Waals surface area (Å²) in [6.07, 6.45) is 1.28. The number of amides is 1. The van der Waals surface area contributed by atoms with Gasteiger partial charge in [0, 0.05) is 0 Å². The Kier molecular flexibility index (Phi) is 12.8. The first kappa shape index (κ1) is 29.5. The van der Waals surface area contributed by atoms with Crippen LogP contribution in [0.25, 0.3) is 0 Å². The van der Waals surface area contributed by atoms with Crippen molar-refractivity contribution < 1.29 is 32.0 Å². The summed E-state index contributed by atoms with van der Waals surface area (Å²) in [6, 6.07) is 25.4. The number of hydrogen-bond donors (Lipinski definition) is 3. The average molecular weight is 529 g/mol. The van der Waals surface area contributed by atoms with Crippen molar-refractivity contribution in [1.29, 1.82) is 0 Å². The molecule has 3 rings (SSSR count). The van der Waals surface area contributed by atoms with Crippen molar-refractivity contribution >= 4 is 22.2 Å². The number of esters is 1. The highest BCUT2D eigenvalue weighted by Crippen LogP contribution is 2.08. The number of benzene rings is 3. The van der Waals surface area contributed by atoms with Crippen LogP contribution in [-0.2, 0) is 37.6 Å². The molecule has 3 aromatic carbocycles. The summed E-state index contributed by atoms with van der Waals surface area (Å²) < 4.78 is 39.8. The third kappa shape index (κ3) is 12.2. The van der Waals surface area contributed by atoms with E-state index in [0.717, 1.165) is 17.5 Å². The number of alkyl carbamates (subject to hydrolysis) is 1. The predicted molar refractivity (Wildman–Crippen MR) is 139 cm³/mol. The lowest BCUT2D eigenvalue weighted by Gasteiger charge is -2.17. The molecule has 0 radical (unpaired) electrons. The van der Waals surface area contributed by atoms with Crippen LogP contribution in [0.2, 0.25) is 0 Å². The summed E-state index contributed by atoms with van der Waals surface area (Å²) in [5.41, 5.74) is 7.27. The lowest BCUT2D eigenvalue weighted by Crippen LogP contribution is -2.42. The van der Waals surface area contributed by atoms with E-state index in [1.54, 1.807) is 18.2 Å². The number of nitrogens with two attached hydrogens (primary N) is 1. The number of hydrogen-bond acceptors (Lipinski definition) is 7. The summed E-state index contributed by atoms with van der Waals surface area (Å²) >= 11 is 0. The Morgan fingerprint density at radius 2 is 1.27 bits per heavy atom. The van der Waals surface area contributed by atoms with Crippen LogP contribution in [0.3, 0.4) is 0 Å². The SMILES string of the molecule is NCCCC[C@@H](NC(=O)OCc1ccccc1)C(=O)OCc1ccccc1.O=S(=O)(O)c1ccccc1. The Hall–Kier alpha value is -3.73. The first-order chi connectivity index (χ1) is 17.8. The normalized spacial score (nSPS) is 11.4. The average Bonchev–Trinajstić information content (AvgIpc) is 2.92. The molecule has 10 heteroatoms. The maximum Gasteiger partial charge on any atom is 0.408 e. The summed E-state index contributed by atoms with van der Waals surface area (Å²) in [6.45, 7) is 0.833. The summed E-state index contributed by atoms with van der Waals surface area (Å²) in [5, 5.41) is 2.61. The summed E-state index contributed by atoms with van der Waals surface area (Å²) in [4.78, 5) is 24.4. The Morgan fingerprint density at radius 3 is 1.73 bits per heavy atom. The van der Waals surface area contributed by atoms with Crippen LogP contribution in [-0.4, -0.2) is 37.6 Å². The van der Waals surface area contributed by atoms with Gasteiger partial charge < -0.3 is 20.5 Å². The van der Waals surface area contributed by atoms with Crippen molar-refractivity contribution in [1.82, 2.24) is 5.32 Å². The first-order valence-corrected chi connectivity index (χ1v) is 13.1. The van der Waals surface area contributed by atoms with Gasteiger partial charge in [-0.15, -0.1) is 0 Å². The van der Waals surface area contributed by atoms with E-state index < -0.39 is 28.2 Å². The molecule has 0 saturated heterocycles. The third-order valence-electron chi connectivity index (χ3n) is 5.00. The van der Waals surface area contributed by atoms with Crippen molar-refractivity contribution in [2.45, 2.75) is 43.4 Å². The molecule has 37 heavy (non-hydrogen) atoms. The van der Waals surface area contributed by atoms with Crippen LogP contribution in [0.4, 0.5) is 4.79 Å². The minimum absolute atomic E-state index is 0.0741. The number of unbranched alkanes of at least 4 members (excludes halogenated alkanes) is 1. The number of ether oxygens (including phenoxy) is 2. The van der Waals surface area contributed by atoms with Crippen LogP contribution >= 0.6 is 0 Å². The van der Waals surface area contributed by atoms with E-state index in [-0.39, 0.29) is 18.1 Å². The zero-order valence-corrected chi connectivity index (χ0v) is 21.2. The molecule has 0 fully saturated rings. The number of carbonyl (C=O) groups excluding carboxylic acids is 2. The van der Waals surface area contributed by atoms with Gasteiger partial charge in [-0.3, -0.25) is 4.55 Å². The van der Waals surface area contributed by atoms with Gasteiger partial charge in [-0.2, -0.15) is 8.42 Å². The molecule has 9 nitrogen and oxygen atoms in total. The molecule has 0 aliphatic rings. The molecule has 0 unspecified atom stereocenters. The second-order valence-electron chi connectivity index (χ2n) is 7.92. The maximum atomic E-state index is 12.4. The Bertz CT molecular complexity index is 1180. The lowest BCUT2D eigenvalue weighted by molar-refractivity contribution is -0.147. The minimum Gasteiger partial charge on any atom is -0.459 e. The molecule has 0 spiro atoms. The molecular weight excluding hydrogens is 496 g/mol. The lowest BCUT2D eigenvalue weighted by atomic mass is 10.1. The van der Waals surface area contributed by atoms with Crippen molar-refractivity contribution in [3.8, 4) is 0 Å². The van der Waals surface area contributed by atoms with Crippen LogP contribution in [0.15, 0.2) is 95.9 Å². The highest BCUT2D eigenvalue weighted by molar-refractivity contribution is 7.85. The molecule has 1 amide bonds. The number of rotatable bonds is 11. The highest BCUT2D eigenvalue weighted by atomic mass is 32.2.